The van der Waals surface area contributed by atoms with E-state index >= 15 is 0 Å². The highest BCUT2D eigenvalue weighted by Gasteiger charge is 2.29. The minimum atomic E-state index is -4.37. The van der Waals surface area contributed by atoms with E-state index in [1.165, 1.54) is 24.3 Å². The zero-order chi connectivity index (χ0) is 25.8. The van der Waals surface area contributed by atoms with Crippen molar-refractivity contribution in [1.82, 2.24) is 5.32 Å². The minimum absolute atomic E-state index is 0.00953. The summed E-state index contributed by atoms with van der Waals surface area (Å²) in [6, 6.07) is 15.3. The second kappa shape index (κ2) is 10.6. The molecule has 9 heteroatoms. The zero-order valence-electron chi connectivity index (χ0n) is 19.5. The van der Waals surface area contributed by atoms with Crippen LogP contribution in [0.25, 0.3) is 10.8 Å². The van der Waals surface area contributed by atoms with Crippen molar-refractivity contribution in [2.75, 3.05) is 0 Å². The Kier molecular flexibility index (Phi) is 8.00. The Balaban J connectivity index is 1.87. The van der Waals surface area contributed by atoms with Gasteiger partial charge in [-0.05, 0) is 52.7 Å². The fourth-order valence-corrected chi connectivity index (χ4v) is 4.11. The van der Waals surface area contributed by atoms with Gasteiger partial charge in [-0.15, -0.1) is 0 Å². The lowest BCUT2D eigenvalue weighted by molar-refractivity contribution is -0.140. The molecule has 0 aliphatic carbocycles. The van der Waals surface area contributed by atoms with E-state index in [1.54, 1.807) is 24.3 Å². The quantitative estimate of drug-likeness (QED) is 0.335. The van der Waals surface area contributed by atoms with Crippen molar-refractivity contribution >= 4 is 34.4 Å². The molecule has 0 spiro atoms. The fourth-order valence-electron chi connectivity index (χ4n) is 3.57. The fraction of sp³-hybridized carbons (Fsp3) is 0.308. The van der Waals surface area contributed by atoms with E-state index < -0.39 is 23.4 Å². The molecule has 1 unspecified atom stereocenters. The van der Waals surface area contributed by atoms with Crippen LogP contribution in [-0.4, -0.2) is 28.5 Å². The molecular formula is C26H26F3NO4S. The molecule has 0 fully saturated rings. The maximum atomic E-state index is 13.1. The summed E-state index contributed by atoms with van der Waals surface area (Å²) >= 11 is -0.198. The van der Waals surface area contributed by atoms with Crippen molar-refractivity contribution in [3.63, 3.8) is 0 Å². The van der Waals surface area contributed by atoms with Crippen LogP contribution in [0, 0.1) is 5.41 Å². The third-order valence-corrected chi connectivity index (χ3v) is 5.82. The van der Waals surface area contributed by atoms with Crippen molar-refractivity contribution in [2.45, 2.75) is 50.2 Å². The number of benzene rings is 3. The number of carbonyl (C=O) groups excluding carboxylic acids is 1. The predicted molar refractivity (Wildman–Crippen MR) is 130 cm³/mol. The van der Waals surface area contributed by atoms with E-state index in [-0.39, 0.29) is 46.4 Å². The van der Waals surface area contributed by atoms with Gasteiger partial charge >= 0.3 is 11.5 Å². The van der Waals surface area contributed by atoms with Gasteiger partial charge in [0.15, 0.2) is 0 Å². The second-order valence-electron chi connectivity index (χ2n) is 9.27. The van der Waals surface area contributed by atoms with E-state index in [1.807, 2.05) is 32.9 Å². The molecule has 0 saturated carbocycles. The summed E-state index contributed by atoms with van der Waals surface area (Å²) in [5, 5.41) is 13.7. The Morgan fingerprint density at radius 1 is 1.00 bits per heavy atom. The van der Waals surface area contributed by atoms with Gasteiger partial charge in [0.1, 0.15) is 18.4 Å². The SMILES string of the molecule is CC(C)(C)CC(NC(=O)c1ccc2ccccc2c1OCc1ccc(SC(F)(F)F)cc1)C(=O)O. The van der Waals surface area contributed by atoms with Crippen LogP contribution in [0.3, 0.4) is 0 Å². The first-order valence-electron chi connectivity index (χ1n) is 10.9. The van der Waals surface area contributed by atoms with E-state index in [0.29, 0.717) is 10.9 Å². The molecule has 0 saturated heterocycles. The number of thioether (sulfide) groups is 1. The summed E-state index contributed by atoms with van der Waals surface area (Å²) in [4.78, 5) is 24.9. The highest BCUT2D eigenvalue weighted by atomic mass is 32.2. The largest absolute Gasteiger partial charge is 0.487 e. The van der Waals surface area contributed by atoms with Crippen LogP contribution >= 0.6 is 11.8 Å². The number of amides is 1. The van der Waals surface area contributed by atoms with Crippen LogP contribution in [0.2, 0.25) is 0 Å². The van der Waals surface area contributed by atoms with Crippen LogP contribution in [0.15, 0.2) is 65.6 Å². The molecule has 0 radical (unpaired) electrons. The number of carboxylic acids is 1. The Morgan fingerprint density at radius 2 is 1.66 bits per heavy atom. The van der Waals surface area contributed by atoms with Gasteiger partial charge in [0.05, 0.1) is 5.56 Å². The lowest BCUT2D eigenvalue weighted by Gasteiger charge is -2.24. The van der Waals surface area contributed by atoms with Gasteiger partial charge in [-0.2, -0.15) is 13.2 Å². The molecule has 0 aromatic heterocycles. The Labute approximate surface area is 205 Å². The number of hydrogen-bond acceptors (Lipinski definition) is 4. The van der Waals surface area contributed by atoms with Crippen LogP contribution in [0.1, 0.15) is 43.1 Å². The summed E-state index contributed by atoms with van der Waals surface area (Å²) in [5.41, 5.74) is -3.90. The number of carbonyl (C=O) groups is 2. The molecule has 1 amide bonds. The van der Waals surface area contributed by atoms with E-state index in [9.17, 15) is 27.9 Å². The number of rotatable bonds is 8. The Morgan fingerprint density at radius 3 is 2.26 bits per heavy atom. The third kappa shape index (κ3) is 7.65. The van der Waals surface area contributed by atoms with Gasteiger partial charge < -0.3 is 15.2 Å². The van der Waals surface area contributed by atoms with Gasteiger partial charge in [0.2, 0.25) is 0 Å². The summed E-state index contributed by atoms with van der Waals surface area (Å²) in [6.45, 7) is 5.67. The molecule has 3 rings (SSSR count). The lowest BCUT2D eigenvalue weighted by Crippen LogP contribution is -2.43. The van der Waals surface area contributed by atoms with Crippen molar-refractivity contribution < 1.29 is 32.6 Å². The summed E-state index contributed by atoms with van der Waals surface area (Å²) in [6.07, 6.45) is 0.236. The van der Waals surface area contributed by atoms with Gasteiger partial charge in [-0.1, -0.05) is 63.2 Å². The van der Waals surface area contributed by atoms with Crippen molar-refractivity contribution in [3.05, 3.63) is 71.8 Å². The molecule has 35 heavy (non-hydrogen) atoms. The smallest absolute Gasteiger partial charge is 0.446 e. The highest BCUT2D eigenvalue weighted by molar-refractivity contribution is 8.00. The van der Waals surface area contributed by atoms with Crippen molar-refractivity contribution in [2.24, 2.45) is 5.41 Å². The molecule has 186 valence electrons. The van der Waals surface area contributed by atoms with Gasteiger partial charge in [-0.3, -0.25) is 4.79 Å². The van der Waals surface area contributed by atoms with Crippen LogP contribution in [0.4, 0.5) is 13.2 Å². The van der Waals surface area contributed by atoms with E-state index in [0.717, 1.165) is 5.39 Å². The minimum Gasteiger partial charge on any atom is -0.487 e. The van der Waals surface area contributed by atoms with Crippen molar-refractivity contribution in [3.8, 4) is 5.75 Å². The van der Waals surface area contributed by atoms with E-state index in [2.05, 4.69) is 5.32 Å². The number of ether oxygens (including phenoxy) is 1. The first-order valence-corrected chi connectivity index (χ1v) is 11.7. The van der Waals surface area contributed by atoms with Crippen LogP contribution in [0.5, 0.6) is 5.75 Å². The van der Waals surface area contributed by atoms with E-state index in [4.69, 9.17) is 4.74 Å². The number of carboxylic acid groups (broad SMARTS) is 1. The Bertz CT molecular complexity index is 1200. The number of alkyl halides is 3. The first-order chi connectivity index (χ1) is 16.3. The normalized spacial score (nSPS) is 12.9. The number of aliphatic carboxylic acids is 1. The van der Waals surface area contributed by atoms with Crippen molar-refractivity contribution in [1.29, 1.82) is 0 Å². The predicted octanol–water partition coefficient (Wildman–Crippen LogP) is 6.65. The van der Waals surface area contributed by atoms with Gasteiger partial charge in [-0.25, -0.2) is 4.79 Å². The molecule has 0 heterocycles. The van der Waals surface area contributed by atoms with Crippen LogP contribution < -0.4 is 10.1 Å². The van der Waals surface area contributed by atoms with Gasteiger partial charge in [0, 0.05) is 10.3 Å². The number of halogens is 3. The number of hydrogen-bond donors (Lipinski definition) is 2. The standard InChI is InChI=1S/C26H26F3NO4S/c1-25(2,3)14-21(24(32)33)30-23(31)20-13-10-17-6-4-5-7-19(17)22(20)34-15-16-8-11-18(12-9-16)35-26(27,28)29/h4-13,21H,14-15H2,1-3H3,(H,30,31)(H,32,33). The highest BCUT2D eigenvalue weighted by Crippen LogP contribution is 2.37. The molecular weight excluding hydrogens is 479 g/mol. The first kappa shape index (κ1) is 26.4. The van der Waals surface area contributed by atoms with Crippen LogP contribution in [-0.2, 0) is 11.4 Å². The van der Waals surface area contributed by atoms with Gasteiger partial charge in [0.25, 0.3) is 5.91 Å². The molecule has 1 atom stereocenters. The zero-order valence-corrected chi connectivity index (χ0v) is 20.3. The monoisotopic (exact) mass is 505 g/mol. The maximum absolute atomic E-state index is 13.1. The Hall–Kier alpha value is -3.20. The lowest BCUT2D eigenvalue weighted by atomic mass is 9.88. The molecule has 2 N–H and O–H groups in total. The number of nitrogens with one attached hydrogen (secondary N) is 1. The molecule has 5 nitrogen and oxygen atoms in total. The average Bonchev–Trinajstić information content (AvgIpc) is 2.75. The molecule has 3 aromatic carbocycles. The number of fused-ring (bicyclic) bond motifs is 1. The average molecular weight is 506 g/mol. The summed E-state index contributed by atoms with van der Waals surface area (Å²) in [5.74, 6) is -1.44. The molecule has 0 bridgehead atoms. The topological polar surface area (TPSA) is 75.6 Å². The summed E-state index contributed by atoms with van der Waals surface area (Å²) < 4.78 is 43.7. The third-order valence-electron chi connectivity index (χ3n) is 5.08. The molecule has 3 aromatic rings. The molecule has 0 aliphatic rings. The summed E-state index contributed by atoms with van der Waals surface area (Å²) in [7, 11) is 0. The molecule has 0 aliphatic heterocycles. The maximum Gasteiger partial charge on any atom is 0.446 e. The second-order valence-corrected chi connectivity index (χ2v) is 10.4.